The molecule has 1 aliphatic carbocycles. The first kappa shape index (κ1) is 37.4. The van der Waals surface area contributed by atoms with Crippen molar-refractivity contribution in [3.8, 4) is 67.3 Å². The van der Waals surface area contributed by atoms with Crippen LogP contribution in [0.1, 0.15) is 25.0 Å². The summed E-state index contributed by atoms with van der Waals surface area (Å²) in [7, 11) is 0. The van der Waals surface area contributed by atoms with Gasteiger partial charge in [-0.15, -0.1) is 0 Å². The molecule has 0 atom stereocenters. The van der Waals surface area contributed by atoms with Crippen molar-refractivity contribution in [1.29, 1.82) is 0 Å². The Bertz CT molecular complexity index is 3880. The molecule has 0 saturated carbocycles. The zero-order chi connectivity index (χ0) is 43.2. The van der Waals surface area contributed by atoms with Crippen molar-refractivity contribution in [2.75, 3.05) is 0 Å². The summed E-state index contributed by atoms with van der Waals surface area (Å²) >= 11 is 0. The fourth-order valence-electron chi connectivity index (χ4n) is 10.8. The highest BCUT2D eigenvalue weighted by Crippen LogP contribution is 2.50. The highest BCUT2D eigenvalue weighted by Gasteiger charge is 2.35. The van der Waals surface area contributed by atoms with Crippen LogP contribution < -0.4 is 0 Å². The second-order valence-corrected chi connectivity index (χ2v) is 18.1. The number of hydrogen-bond donors (Lipinski definition) is 0. The van der Waals surface area contributed by atoms with Gasteiger partial charge in [-0.25, -0.2) is 9.97 Å². The molecular weight excluding hydrogens is 785 g/mol. The molecule has 0 unspecified atom stereocenters. The predicted octanol–water partition coefficient (Wildman–Crippen LogP) is 16.9. The normalized spacial score (nSPS) is 12.9. The number of benzene rings is 11. The Morgan fingerprint density at radius 2 is 0.800 bits per heavy atom. The Morgan fingerprint density at radius 1 is 0.277 bits per heavy atom. The molecule has 12 aromatic rings. The van der Waals surface area contributed by atoms with Gasteiger partial charge in [0.05, 0.1) is 11.4 Å². The third-order valence-corrected chi connectivity index (χ3v) is 14.0. The van der Waals surface area contributed by atoms with Gasteiger partial charge < -0.3 is 0 Å². The molecule has 0 saturated heterocycles. The average Bonchev–Trinajstić information content (AvgIpc) is 3.61. The molecule has 0 aliphatic heterocycles. The Morgan fingerprint density at radius 3 is 1.54 bits per heavy atom. The first-order valence-electron chi connectivity index (χ1n) is 22.6. The van der Waals surface area contributed by atoms with Crippen molar-refractivity contribution < 1.29 is 0 Å². The summed E-state index contributed by atoms with van der Waals surface area (Å²) in [6, 6.07) is 79.9. The van der Waals surface area contributed by atoms with Crippen LogP contribution in [0.4, 0.5) is 0 Å². The van der Waals surface area contributed by atoms with Crippen LogP contribution in [0.2, 0.25) is 0 Å². The van der Waals surface area contributed by atoms with Crippen molar-refractivity contribution in [2.45, 2.75) is 19.3 Å². The molecule has 2 nitrogen and oxygen atoms in total. The number of nitrogens with zero attached hydrogens (tertiary/aromatic N) is 2. The topological polar surface area (TPSA) is 25.8 Å². The van der Waals surface area contributed by atoms with Crippen molar-refractivity contribution in [3.05, 3.63) is 230 Å². The van der Waals surface area contributed by atoms with Crippen molar-refractivity contribution in [3.63, 3.8) is 0 Å². The monoisotopic (exact) mass is 826 g/mol. The van der Waals surface area contributed by atoms with Crippen LogP contribution in [0, 0.1) is 0 Å². The van der Waals surface area contributed by atoms with Crippen molar-refractivity contribution in [2.24, 2.45) is 0 Å². The SMILES string of the molecule is CC1(C)c2ccccc2-c2cc(-c3cc(-c4ccccc4)nc(-c4cc(-c5ccc6c7ccccc7c7ccccc7c6c5)cc(-c5cc6ccccc6c6ccccc56)c4)n3)ccc21. The van der Waals surface area contributed by atoms with E-state index in [2.05, 4.69) is 232 Å². The van der Waals surface area contributed by atoms with Crippen LogP contribution in [0.3, 0.4) is 0 Å². The third-order valence-electron chi connectivity index (χ3n) is 14.0. The molecule has 1 aliphatic rings. The lowest BCUT2D eigenvalue weighted by Crippen LogP contribution is -2.14. The first-order valence-corrected chi connectivity index (χ1v) is 22.6. The fraction of sp³-hybridized carbons (Fsp3) is 0.0476. The van der Waals surface area contributed by atoms with Crippen LogP contribution in [-0.4, -0.2) is 9.97 Å². The van der Waals surface area contributed by atoms with E-state index in [-0.39, 0.29) is 5.41 Å². The Kier molecular flexibility index (Phi) is 8.29. The summed E-state index contributed by atoms with van der Waals surface area (Å²) in [6.45, 7) is 4.66. The van der Waals surface area contributed by atoms with Crippen LogP contribution in [0.25, 0.3) is 121 Å². The number of rotatable bonds is 5. The van der Waals surface area contributed by atoms with Gasteiger partial charge in [0.15, 0.2) is 5.82 Å². The van der Waals surface area contributed by atoms with E-state index < -0.39 is 0 Å². The third kappa shape index (κ3) is 5.95. The van der Waals surface area contributed by atoms with E-state index >= 15 is 0 Å². The lowest BCUT2D eigenvalue weighted by Gasteiger charge is -2.21. The zero-order valence-electron chi connectivity index (χ0n) is 36.2. The zero-order valence-corrected chi connectivity index (χ0v) is 36.2. The van der Waals surface area contributed by atoms with Crippen molar-refractivity contribution in [1.82, 2.24) is 9.97 Å². The van der Waals surface area contributed by atoms with Gasteiger partial charge in [-0.1, -0.05) is 190 Å². The van der Waals surface area contributed by atoms with E-state index in [0.717, 1.165) is 44.8 Å². The predicted molar refractivity (Wildman–Crippen MR) is 274 cm³/mol. The highest BCUT2D eigenvalue weighted by molar-refractivity contribution is 6.26. The van der Waals surface area contributed by atoms with E-state index in [4.69, 9.17) is 9.97 Å². The summed E-state index contributed by atoms with van der Waals surface area (Å²) < 4.78 is 0. The van der Waals surface area contributed by atoms with Gasteiger partial charge in [-0.05, 0) is 141 Å². The number of aromatic nitrogens is 2. The largest absolute Gasteiger partial charge is 0.228 e. The maximum atomic E-state index is 5.51. The summed E-state index contributed by atoms with van der Waals surface area (Å²) in [4.78, 5) is 10.9. The summed E-state index contributed by atoms with van der Waals surface area (Å²) in [5.41, 5.74) is 14.6. The van der Waals surface area contributed by atoms with Gasteiger partial charge in [0, 0.05) is 22.1 Å². The van der Waals surface area contributed by atoms with E-state index in [1.54, 1.807) is 0 Å². The minimum absolute atomic E-state index is 0.0809. The Balaban J connectivity index is 1.07. The summed E-state index contributed by atoms with van der Waals surface area (Å²) in [5.74, 6) is 0.688. The van der Waals surface area contributed by atoms with Gasteiger partial charge >= 0.3 is 0 Å². The second kappa shape index (κ2) is 14.4. The minimum atomic E-state index is -0.0809. The second-order valence-electron chi connectivity index (χ2n) is 18.1. The number of hydrogen-bond acceptors (Lipinski definition) is 2. The summed E-state index contributed by atoms with van der Waals surface area (Å²) in [5, 5.41) is 12.5. The quantitative estimate of drug-likeness (QED) is 0.162. The highest BCUT2D eigenvalue weighted by atomic mass is 14.9. The molecular formula is C63H42N2. The van der Waals surface area contributed by atoms with Gasteiger partial charge in [-0.3, -0.25) is 0 Å². The maximum Gasteiger partial charge on any atom is 0.160 e. The molecule has 13 rings (SSSR count). The van der Waals surface area contributed by atoms with Crippen molar-refractivity contribution >= 4 is 53.9 Å². The van der Waals surface area contributed by atoms with E-state index in [1.807, 2.05) is 0 Å². The van der Waals surface area contributed by atoms with Gasteiger partial charge in [0.25, 0.3) is 0 Å². The minimum Gasteiger partial charge on any atom is -0.228 e. The van der Waals surface area contributed by atoms with Crippen LogP contribution in [0.15, 0.2) is 218 Å². The molecule has 11 aromatic carbocycles. The molecule has 0 N–H and O–H groups in total. The molecule has 0 radical (unpaired) electrons. The lowest BCUT2D eigenvalue weighted by molar-refractivity contribution is 0.660. The van der Waals surface area contributed by atoms with E-state index in [0.29, 0.717) is 5.82 Å². The maximum absolute atomic E-state index is 5.51. The molecule has 1 aromatic heterocycles. The van der Waals surface area contributed by atoms with Crippen LogP contribution >= 0.6 is 0 Å². The molecule has 0 spiro atoms. The standard InChI is InChI=1S/C63H42N2/c1-63(2)58-27-15-14-26-54(58)57-37-42(29-31-59(57)63)61-38-60(39-16-4-3-5-17-39)64-62(65-61)45-33-43(32-44(34-45)55-36-41-18-6-7-19-46(41)47-20-8-12-24-51(47)55)40-28-30-53-50-23-10-9-21-48(50)49-22-11-13-25-52(49)56(53)35-40/h3-38H,1-2H3. The smallest absolute Gasteiger partial charge is 0.160 e. The molecule has 0 bridgehead atoms. The number of fused-ring (bicyclic) bond motifs is 12. The first-order chi connectivity index (χ1) is 32.0. The molecule has 2 heteroatoms. The average molecular weight is 827 g/mol. The molecule has 1 heterocycles. The van der Waals surface area contributed by atoms with Gasteiger partial charge in [0.2, 0.25) is 0 Å². The molecule has 304 valence electrons. The molecule has 65 heavy (non-hydrogen) atoms. The molecule has 0 fully saturated rings. The van der Waals surface area contributed by atoms with Gasteiger partial charge in [-0.2, -0.15) is 0 Å². The lowest BCUT2D eigenvalue weighted by atomic mass is 9.82. The van der Waals surface area contributed by atoms with E-state index in [1.165, 1.54) is 81.7 Å². The molecule has 0 amide bonds. The van der Waals surface area contributed by atoms with Gasteiger partial charge in [0.1, 0.15) is 0 Å². The fourth-order valence-corrected chi connectivity index (χ4v) is 10.8. The van der Waals surface area contributed by atoms with Crippen LogP contribution in [-0.2, 0) is 5.41 Å². The van der Waals surface area contributed by atoms with Crippen LogP contribution in [0.5, 0.6) is 0 Å². The summed E-state index contributed by atoms with van der Waals surface area (Å²) in [6.07, 6.45) is 0. The Labute approximate surface area is 378 Å². The van der Waals surface area contributed by atoms with E-state index in [9.17, 15) is 0 Å². The Hall–Kier alpha value is -8.20.